The van der Waals surface area contributed by atoms with Crippen LogP contribution < -0.4 is 5.56 Å². The smallest absolute Gasteiger partial charge is 0.263 e. The lowest BCUT2D eigenvalue weighted by Gasteiger charge is -2.36. The third kappa shape index (κ3) is 3.04. The van der Waals surface area contributed by atoms with Gasteiger partial charge in [-0.25, -0.2) is 4.98 Å². The first-order chi connectivity index (χ1) is 14.5. The number of para-hydroxylation sites is 1. The molecule has 30 heavy (non-hydrogen) atoms. The van der Waals surface area contributed by atoms with Crippen LogP contribution in [0.15, 0.2) is 58.5 Å². The summed E-state index contributed by atoms with van der Waals surface area (Å²) in [5.41, 5.74) is 6.48. The molecule has 0 atom stereocenters. The molecule has 0 N–H and O–H groups in total. The van der Waals surface area contributed by atoms with Crippen molar-refractivity contribution in [2.75, 3.05) is 0 Å². The predicted octanol–water partition coefficient (Wildman–Crippen LogP) is 6.08. The zero-order chi connectivity index (χ0) is 20.9. The molecule has 2 aliphatic carbocycles. The third-order valence-electron chi connectivity index (χ3n) is 6.64. The van der Waals surface area contributed by atoms with E-state index >= 15 is 0 Å². The first kappa shape index (κ1) is 19.6. The standard InChI is InChI=1S/C26H28N2OS/c1-17(2)30-25-27-23-20-12-6-5-11-19(20)16-26(14-8-9-15-26)22(23)24(29)28(25)21-13-7-4-10-18(21)3/h4-7,10-13,17H,8-9,14-16H2,1-3H3. The van der Waals surface area contributed by atoms with Crippen LogP contribution in [0, 0.1) is 6.92 Å². The number of nitrogens with zero attached hydrogens (tertiary/aromatic N) is 2. The Balaban J connectivity index is 1.87. The van der Waals surface area contributed by atoms with Crippen LogP contribution in [-0.2, 0) is 11.8 Å². The van der Waals surface area contributed by atoms with E-state index < -0.39 is 0 Å². The van der Waals surface area contributed by atoms with Gasteiger partial charge in [-0.05, 0) is 43.4 Å². The molecule has 2 aromatic carbocycles. The third-order valence-corrected chi connectivity index (χ3v) is 7.60. The highest BCUT2D eigenvalue weighted by molar-refractivity contribution is 7.99. The average Bonchev–Trinajstić information content (AvgIpc) is 3.17. The van der Waals surface area contributed by atoms with Gasteiger partial charge in [-0.3, -0.25) is 9.36 Å². The van der Waals surface area contributed by atoms with Crippen molar-refractivity contribution >= 4 is 11.8 Å². The van der Waals surface area contributed by atoms with Gasteiger partial charge in [0.15, 0.2) is 5.16 Å². The lowest BCUT2D eigenvalue weighted by molar-refractivity contribution is 0.422. The van der Waals surface area contributed by atoms with E-state index in [1.807, 2.05) is 22.8 Å². The van der Waals surface area contributed by atoms with Crippen molar-refractivity contribution in [1.82, 2.24) is 9.55 Å². The Morgan fingerprint density at radius 2 is 1.73 bits per heavy atom. The molecule has 3 aromatic rings. The van der Waals surface area contributed by atoms with Crippen molar-refractivity contribution < 1.29 is 0 Å². The van der Waals surface area contributed by atoms with Gasteiger partial charge in [0.2, 0.25) is 0 Å². The highest BCUT2D eigenvalue weighted by Gasteiger charge is 2.44. The molecule has 0 bridgehead atoms. The van der Waals surface area contributed by atoms with Crippen LogP contribution in [0.2, 0.25) is 0 Å². The number of aromatic nitrogens is 2. The molecule has 0 amide bonds. The number of benzene rings is 2. The number of fused-ring (bicyclic) bond motifs is 4. The molecule has 2 aliphatic rings. The second-order valence-corrected chi connectivity index (χ2v) is 10.6. The molecule has 1 saturated carbocycles. The lowest BCUT2D eigenvalue weighted by atomic mass is 9.68. The minimum Gasteiger partial charge on any atom is -0.268 e. The van der Waals surface area contributed by atoms with E-state index in [-0.39, 0.29) is 11.0 Å². The number of thioether (sulfide) groups is 1. The largest absolute Gasteiger partial charge is 0.268 e. The number of aryl methyl sites for hydroxylation is 1. The van der Waals surface area contributed by atoms with Crippen molar-refractivity contribution in [3.63, 3.8) is 0 Å². The number of hydrogen-bond acceptors (Lipinski definition) is 3. The Hall–Kier alpha value is -2.33. The molecule has 1 heterocycles. The van der Waals surface area contributed by atoms with E-state index in [1.165, 1.54) is 18.4 Å². The summed E-state index contributed by atoms with van der Waals surface area (Å²) in [4.78, 5) is 19.5. The van der Waals surface area contributed by atoms with Crippen LogP contribution in [0.3, 0.4) is 0 Å². The van der Waals surface area contributed by atoms with E-state index in [2.05, 4.69) is 51.1 Å². The van der Waals surface area contributed by atoms with Crippen LogP contribution in [0.5, 0.6) is 0 Å². The van der Waals surface area contributed by atoms with Gasteiger partial charge in [0.1, 0.15) is 0 Å². The Morgan fingerprint density at radius 3 is 2.47 bits per heavy atom. The summed E-state index contributed by atoms with van der Waals surface area (Å²) in [6.07, 6.45) is 5.49. The zero-order valence-corrected chi connectivity index (χ0v) is 18.8. The van der Waals surface area contributed by atoms with Gasteiger partial charge >= 0.3 is 0 Å². The predicted molar refractivity (Wildman–Crippen MR) is 125 cm³/mol. The van der Waals surface area contributed by atoms with Gasteiger partial charge < -0.3 is 0 Å². The lowest BCUT2D eigenvalue weighted by Crippen LogP contribution is -2.40. The minimum atomic E-state index is -0.0702. The molecule has 3 nitrogen and oxygen atoms in total. The average molecular weight is 417 g/mol. The Bertz CT molecular complexity index is 1170. The molecule has 0 aliphatic heterocycles. The SMILES string of the molecule is Cc1ccccc1-n1c(SC(C)C)nc2c(c1=O)C1(CCCC1)Cc1ccccc1-2. The number of rotatable bonds is 3. The summed E-state index contributed by atoms with van der Waals surface area (Å²) in [5, 5.41) is 1.14. The molecular weight excluding hydrogens is 388 g/mol. The number of hydrogen-bond donors (Lipinski definition) is 0. The fourth-order valence-corrected chi connectivity index (χ4v) is 6.18. The maximum atomic E-state index is 14.2. The topological polar surface area (TPSA) is 34.9 Å². The summed E-state index contributed by atoms with van der Waals surface area (Å²) < 4.78 is 1.90. The Kier molecular flexibility index (Phi) is 4.85. The first-order valence-electron chi connectivity index (χ1n) is 11.0. The summed E-state index contributed by atoms with van der Waals surface area (Å²) in [5.74, 6) is 0. The molecule has 5 rings (SSSR count). The van der Waals surface area contributed by atoms with Gasteiger partial charge in [-0.15, -0.1) is 0 Å². The summed E-state index contributed by atoms with van der Waals surface area (Å²) >= 11 is 1.67. The maximum Gasteiger partial charge on any atom is 0.263 e. The fourth-order valence-electron chi connectivity index (χ4n) is 5.33. The Morgan fingerprint density at radius 1 is 1.03 bits per heavy atom. The van der Waals surface area contributed by atoms with Crippen LogP contribution in [-0.4, -0.2) is 14.8 Å². The molecule has 4 heteroatoms. The van der Waals surface area contributed by atoms with Crippen molar-refractivity contribution in [3.8, 4) is 16.9 Å². The quantitative estimate of drug-likeness (QED) is 0.383. The van der Waals surface area contributed by atoms with E-state index in [1.54, 1.807) is 11.8 Å². The van der Waals surface area contributed by atoms with E-state index in [4.69, 9.17) is 4.98 Å². The van der Waals surface area contributed by atoms with Gasteiger partial charge in [0.05, 0.1) is 16.9 Å². The monoisotopic (exact) mass is 416 g/mol. The van der Waals surface area contributed by atoms with Crippen molar-refractivity contribution in [1.29, 1.82) is 0 Å². The molecule has 1 spiro atoms. The van der Waals surface area contributed by atoms with Gasteiger partial charge in [-0.2, -0.15) is 0 Å². The fraction of sp³-hybridized carbons (Fsp3) is 0.385. The molecule has 1 fully saturated rings. The first-order valence-corrected chi connectivity index (χ1v) is 11.9. The molecule has 154 valence electrons. The van der Waals surface area contributed by atoms with Gasteiger partial charge in [-0.1, -0.05) is 80.9 Å². The summed E-state index contributed by atoms with van der Waals surface area (Å²) in [6.45, 7) is 6.39. The second-order valence-electron chi connectivity index (χ2n) is 9.03. The molecule has 0 unspecified atom stereocenters. The highest BCUT2D eigenvalue weighted by atomic mass is 32.2. The molecule has 0 radical (unpaired) electrons. The molecular formula is C26H28N2OS. The highest BCUT2D eigenvalue weighted by Crippen LogP contribution is 2.50. The van der Waals surface area contributed by atoms with E-state index in [9.17, 15) is 4.79 Å². The molecule has 1 aromatic heterocycles. The maximum absolute atomic E-state index is 14.2. The van der Waals surface area contributed by atoms with Crippen LogP contribution in [0.1, 0.15) is 56.2 Å². The van der Waals surface area contributed by atoms with Gasteiger partial charge in [0.25, 0.3) is 5.56 Å². The van der Waals surface area contributed by atoms with Crippen LogP contribution in [0.4, 0.5) is 0 Å². The van der Waals surface area contributed by atoms with Crippen LogP contribution in [0.25, 0.3) is 16.9 Å². The van der Waals surface area contributed by atoms with Crippen molar-refractivity contribution in [3.05, 3.63) is 75.6 Å². The summed E-state index contributed by atoms with van der Waals surface area (Å²) in [7, 11) is 0. The minimum absolute atomic E-state index is 0.0702. The molecule has 0 saturated heterocycles. The second kappa shape index (κ2) is 7.42. The summed E-state index contributed by atoms with van der Waals surface area (Å²) in [6, 6.07) is 16.7. The van der Waals surface area contributed by atoms with E-state index in [0.29, 0.717) is 5.25 Å². The normalized spacial score (nSPS) is 16.7. The zero-order valence-electron chi connectivity index (χ0n) is 17.9. The van der Waals surface area contributed by atoms with Crippen LogP contribution >= 0.6 is 11.8 Å². The van der Waals surface area contributed by atoms with E-state index in [0.717, 1.165) is 52.5 Å². The van der Waals surface area contributed by atoms with Gasteiger partial charge in [0, 0.05) is 16.2 Å². The Labute approximate surface area is 182 Å². The van der Waals surface area contributed by atoms with Crippen molar-refractivity contribution in [2.45, 2.75) is 68.7 Å². The van der Waals surface area contributed by atoms with Crippen molar-refractivity contribution in [2.24, 2.45) is 0 Å².